The lowest BCUT2D eigenvalue weighted by Crippen LogP contribution is -2.50. The zero-order valence-electron chi connectivity index (χ0n) is 12.7. The first kappa shape index (κ1) is 15.7. The molecule has 1 N–H and O–H groups in total. The number of anilines is 1. The monoisotopic (exact) mass is 293 g/mol. The fourth-order valence-corrected chi connectivity index (χ4v) is 2.40. The van der Waals surface area contributed by atoms with Crippen molar-refractivity contribution in [1.82, 2.24) is 20.2 Å². The molecule has 1 atom stereocenters. The summed E-state index contributed by atoms with van der Waals surface area (Å²) >= 11 is 0. The Morgan fingerprint density at radius 1 is 1.38 bits per heavy atom. The topological polar surface area (TPSA) is 70.6 Å². The van der Waals surface area contributed by atoms with Gasteiger partial charge in [-0.05, 0) is 6.92 Å². The third-order valence-corrected chi connectivity index (χ3v) is 3.44. The fourth-order valence-electron chi connectivity index (χ4n) is 2.40. The molecular weight excluding hydrogens is 270 g/mol. The van der Waals surface area contributed by atoms with Crippen LogP contribution in [0.4, 0.5) is 5.82 Å². The Morgan fingerprint density at radius 3 is 2.76 bits per heavy atom. The molecule has 1 aliphatic rings. The summed E-state index contributed by atoms with van der Waals surface area (Å²) < 4.78 is 5.01. The number of aromatic nitrogens is 2. The molecule has 7 nitrogen and oxygen atoms in total. The van der Waals surface area contributed by atoms with Gasteiger partial charge >= 0.3 is 0 Å². The number of hydrogen-bond acceptors (Lipinski definition) is 6. The van der Waals surface area contributed by atoms with Crippen molar-refractivity contribution in [1.29, 1.82) is 0 Å². The molecule has 21 heavy (non-hydrogen) atoms. The predicted octanol–water partition coefficient (Wildman–Crippen LogP) is -0.250. The van der Waals surface area contributed by atoms with Gasteiger partial charge in [0.15, 0.2) is 0 Å². The first-order chi connectivity index (χ1) is 10.2. The summed E-state index contributed by atoms with van der Waals surface area (Å²) in [6.07, 6.45) is 5.15. The van der Waals surface area contributed by atoms with Gasteiger partial charge in [0.2, 0.25) is 5.91 Å². The lowest BCUT2D eigenvalue weighted by Gasteiger charge is -2.34. The quantitative estimate of drug-likeness (QED) is 0.780. The zero-order chi connectivity index (χ0) is 15.1. The Labute approximate surface area is 125 Å². The summed E-state index contributed by atoms with van der Waals surface area (Å²) in [4.78, 5) is 24.6. The fraction of sp³-hybridized carbons (Fsp3) is 0.643. The molecule has 1 amide bonds. The van der Waals surface area contributed by atoms with Crippen molar-refractivity contribution in [2.75, 3.05) is 51.3 Å². The van der Waals surface area contributed by atoms with Crippen LogP contribution in [0.3, 0.4) is 0 Å². The maximum atomic E-state index is 11.9. The Balaban J connectivity index is 1.73. The Morgan fingerprint density at radius 2 is 2.14 bits per heavy atom. The summed E-state index contributed by atoms with van der Waals surface area (Å²) in [5.74, 6) is 0.947. The van der Waals surface area contributed by atoms with E-state index < -0.39 is 0 Å². The lowest BCUT2D eigenvalue weighted by atomic mass is 10.3. The number of ether oxygens (including phenoxy) is 1. The summed E-state index contributed by atoms with van der Waals surface area (Å²) in [7, 11) is 1.63. The van der Waals surface area contributed by atoms with Gasteiger partial charge in [-0.15, -0.1) is 0 Å². The molecule has 1 saturated heterocycles. The van der Waals surface area contributed by atoms with E-state index in [2.05, 4.69) is 25.1 Å². The number of piperazine rings is 1. The number of rotatable bonds is 6. The van der Waals surface area contributed by atoms with Gasteiger partial charge in [0.25, 0.3) is 0 Å². The molecule has 2 heterocycles. The molecule has 0 radical (unpaired) electrons. The van der Waals surface area contributed by atoms with Crippen molar-refractivity contribution in [3.05, 3.63) is 18.6 Å². The van der Waals surface area contributed by atoms with Gasteiger partial charge in [-0.1, -0.05) is 0 Å². The van der Waals surface area contributed by atoms with E-state index in [0.717, 1.165) is 32.0 Å². The molecule has 0 aliphatic carbocycles. The number of hydrogen-bond donors (Lipinski definition) is 1. The number of carbonyl (C=O) groups excluding carboxylic acids is 1. The summed E-state index contributed by atoms with van der Waals surface area (Å²) in [5.41, 5.74) is 0. The molecule has 1 aromatic rings. The number of methoxy groups -OCH3 is 1. The summed E-state index contributed by atoms with van der Waals surface area (Å²) in [5, 5.41) is 2.93. The smallest absolute Gasteiger partial charge is 0.234 e. The lowest BCUT2D eigenvalue weighted by molar-refractivity contribution is -0.123. The average Bonchev–Trinajstić information content (AvgIpc) is 2.49. The van der Waals surface area contributed by atoms with Gasteiger partial charge in [0.05, 0.1) is 19.3 Å². The highest BCUT2D eigenvalue weighted by atomic mass is 16.5. The number of amides is 1. The minimum Gasteiger partial charge on any atom is -0.383 e. The Hall–Kier alpha value is -1.73. The second-order valence-electron chi connectivity index (χ2n) is 5.25. The third kappa shape index (κ3) is 4.95. The van der Waals surface area contributed by atoms with Gasteiger partial charge in [-0.25, -0.2) is 4.98 Å². The van der Waals surface area contributed by atoms with E-state index in [9.17, 15) is 4.79 Å². The molecule has 1 aliphatic heterocycles. The van der Waals surface area contributed by atoms with Crippen LogP contribution < -0.4 is 10.2 Å². The molecule has 0 aromatic carbocycles. The van der Waals surface area contributed by atoms with Crippen LogP contribution in [0, 0.1) is 0 Å². The summed E-state index contributed by atoms with van der Waals surface area (Å²) in [6, 6.07) is 0.0448. The van der Waals surface area contributed by atoms with Gasteiger partial charge < -0.3 is 15.0 Å². The number of nitrogens with one attached hydrogen (secondary N) is 1. The first-order valence-electron chi connectivity index (χ1n) is 7.20. The molecule has 2 rings (SSSR count). The second kappa shape index (κ2) is 7.90. The number of nitrogens with zero attached hydrogens (tertiary/aromatic N) is 4. The Bertz CT molecular complexity index is 434. The molecule has 0 spiro atoms. The highest BCUT2D eigenvalue weighted by Gasteiger charge is 2.20. The molecule has 116 valence electrons. The van der Waals surface area contributed by atoms with Crippen molar-refractivity contribution in [2.24, 2.45) is 0 Å². The third-order valence-electron chi connectivity index (χ3n) is 3.44. The van der Waals surface area contributed by atoms with E-state index in [1.165, 1.54) is 0 Å². The minimum atomic E-state index is 0.0448. The van der Waals surface area contributed by atoms with Crippen LogP contribution in [0.1, 0.15) is 6.92 Å². The van der Waals surface area contributed by atoms with Crippen molar-refractivity contribution in [3.8, 4) is 0 Å². The van der Waals surface area contributed by atoms with Crippen LogP contribution >= 0.6 is 0 Å². The van der Waals surface area contributed by atoms with E-state index in [0.29, 0.717) is 13.2 Å². The Kier molecular flexibility index (Phi) is 5.89. The largest absolute Gasteiger partial charge is 0.383 e. The molecule has 0 unspecified atom stereocenters. The second-order valence-corrected chi connectivity index (χ2v) is 5.25. The maximum absolute atomic E-state index is 11.9. The molecule has 7 heteroatoms. The van der Waals surface area contributed by atoms with Gasteiger partial charge in [-0.3, -0.25) is 14.7 Å². The van der Waals surface area contributed by atoms with E-state index in [1.54, 1.807) is 25.7 Å². The van der Waals surface area contributed by atoms with Crippen LogP contribution in [0.15, 0.2) is 18.6 Å². The molecular formula is C14H23N5O2. The SMILES string of the molecule is COC[C@H](C)NC(=O)CN1CCN(c2cnccn2)CC1. The highest BCUT2D eigenvalue weighted by Crippen LogP contribution is 2.10. The van der Waals surface area contributed by atoms with Gasteiger partial charge in [0.1, 0.15) is 5.82 Å². The molecule has 0 bridgehead atoms. The van der Waals surface area contributed by atoms with E-state index in [1.807, 2.05) is 6.92 Å². The average molecular weight is 293 g/mol. The molecule has 1 fully saturated rings. The van der Waals surface area contributed by atoms with Crippen molar-refractivity contribution in [3.63, 3.8) is 0 Å². The van der Waals surface area contributed by atoms with Crippen molar-refractivity contribution in [2.45, 2.75) is 13.0 Å². The van der Waals surface area contributed by atoms with Crippen molar-refractivity contribution < 1.29 is 9.53 Å². The molecule has 0 saturated carbocycles. The van der Waals surface area contributed by atoms with Crippen LogP contribution in [-0.4, -0.2) is 73.3 Å². The van der Waals surface area contributed by atoms with Gasteiger partial charge in [-0.2, -0.15) is 0 Å². The van der Waals surface area contributed by atoms with Crippen LogP contribution in [-0.2, 0) is 9.53 Å². The van der Waals surface area contributed by atoms with Crippen LogP contribution in [0.2, 0.25) is 0 Å². The maximum Gasteiger partial charge on any atom is 0.234 e. The normalized spacial score (nSPS) is 17.5. The molecule has 1 aromatic heterocycles. The minimum absolute atomic E-state index is 0.0448. The number of carbonyl (C=O) groups is 1. The standard InChI is InChI=1S/C14H23N5O2/c1-12(11-21-2)17-14(20)10-18-5-7-19(8-6-18)13-9-15-3-4-16-13/h3-4,9,12H,5-8,10-11H2,1-2H3,(H,17,20)/t12-/m0/s1. The van der Waals surface area contributed by atoms with Crippen LogP contribution in [0.5, 0.6) is 0 Å². The van der Waals surface area contributed by atoms with Gasteiger partial charge in [0, 0.05) is 51.7 Å². The zero-order valence-corrected chi connectivity index (χ0v) is 12.7. The first-order valence-corrected chi connectivity index (χ1v) is 7.20. The summed E-state index contributed by atoms with van der Waals surface area (Å²) in [6.45, 7) is 6.33. The van der Waals surface area contributed by atoms with E-state index >= 15 is 0 Å². The highest BCUT2D eigenvalue weighted by molar-refractivity contribution is 5.78. The van der Waals surface area contributed by atoms with Crippen molar-refractivity contribution >= 4 is 11.7 Å². The van der Waals surface area contributed by atoms with E-state index in [-0.39, 0.29) is 11.9 Å². The van der Waals surface area contributed by atoms with E-state index in [4.69, 9.17) is 4.74 Å². The predicted molar refractivity (Wildman–Crippen MR) is 80.2 cm³/mol. The van der Waals surface area contributed by atoms with Crippen LogP contribution in [0.25, 0.3) is 0 Å².